The molecule has 22 heavy (non-hydrogen) atoms. The zero-order chi connectivity index (χ0) is 16.2. The van der Waals surface area contributed by atoms with Crippen LogP contribution in [0.3, 0.4) is 0 Å². The Kier molecular flexibility index (Phi) is 5.83. The maximum atomic E-state index is 13.0. The Balaban J connectivity index is 2.04. The van der Waals surface area contributed by atoms with E-state index in [1.807, 2.05) is 17.0 Å². The lowest BCUT2D eigenvalue weighted by Gasteiger charge is -2.15. The van der Waals surface area contributed by atoms with Crippen LogP contribution in [0.2, 0.25) is 25.7 Å². The summed E-state index contributed by atoms with van der Waals surface area (Å²) in [5.41, 5.74) is 1.76. The molecule has 0 bridgehead atoms. The van der Waals surface area contributed by atoms with Gasteiger partial charge in [-0.1, -0.05) is 31.4 Å². The molecule has 3 nitrogen and oxygen atoms in total. The van der Waals surface area contributed by atoms with Crippen LogP contribution >= 0.6 is 11.8 Å². The zero-order valence-electron chi connectivity index (χ0n) is 13.6. The van der Waals surface area contributed by atoms with Crippen molar-refractivity contribution in [3.05, 3.63) is 36.3 Å². The summed E-state index contributed by atoms with van der Waals surface area (Å²) in [5.74, 6) is -0.233. The van der Waals surface area contributed by atoms with Gasteiger partial charge in [0.05, 0.1) is 5.69 Å². The Hall–Kier alpha value is -1.11. The highest BCUT2D eigenvalue weighted by Gasteiger charge is 2.13. The fourth-order valence-electron chi connectivity index (χ4n) is 1.96. The SMILES string of the molecule is CSc1nc(-c2ccc(F)cc2)cn1COCC[Si](C)(C)C. The van der Waals surface area contributed by atoms with Crippen molar-refractivity contribution < 1.29 is 9.13 Å². The fourth-order valence-corrected chi connectivity index (χ4v) is 3.24. The number of benzene rings is 1. The molecule has 1 heterocycles. The molecular formula is C16H23FN2OSSi. The molecule has 0 aliphatic heterocycles. The molecule has 0 amide bonds. The number of rotatable bonds is 7. The van der Waals surface area contributed by atoms with Gasteiger partial charge in [0.15, 0.2) is 5.16 Å². The normalized spacial score (nSPS) is 11.9. The van der Waals surface area contributed by atoms with Crippen molar-refractivity contribution in [2.24, 2.45) is 0 Å². The Labute approximate surface area is 136 Å². The molecule has 0 aliphatic rings. The third-order valence-electron chi connectivity index (χ3n) is 3.29. The Morgan fingerprint density at radius 3 is 2.50 bits per heavy atom. The van der Waals surface area contributed by atoms with E-state index in [0.717, 1.165) is 29.1 Å². The second-order valence-corrected chi connectivity index (χ2v) is 12.8. The maximum absolute atomic E-state index is 13.0. The van der Waals surface area contributed by atoms with Gasteiger partial charge in [0.2, 0.25) is 0 Å². The predicted molar refractivity (Wildman–Crippen MR) is 93.5 cm³/mol. The van der Waals surface area contributed by atoms with Crippen LogP contribution in [0.15, 0.2) is 35.6 Å². The quantitative estimate of drug-likeness (QED) is 0.415. The van der Waals surface area contributed by atoms with Crippen LogP contribution in [0.1, 0.15) is 0 Å². The molecular weight excluding hydrogens is 315 g/mol. The fraction of sp³-hybridized carbons (Fsp3) is 0.438. The molecule has 0 spiro atoms. The molecule has 0 N–H and O–H groups in total. The molecule has 1 aromatic heterocycles. The highest BCUT2D eigenvalue weighted by atomic mass is 32.2. The predicted octanol–water partition coefficient (Wildman–Crippen LogP) is 4.72. The molecule has 0 aliphatic carbocycles. The monoisotopic (exact) mass is 338 g/mol. The van der Waals surface area contributed by atoms with E-state index in [0.29, 0.717) is 6.73 Å². The molecule has 2 aromatic rings. The second-order valence-electron chi connectivity index (χ2n) is 6.44. The molecule has 0 atom stereocenters. The van der Waals surface area contributed by atoms with Crippen LogP contribution in [0, 0.1) is 5.82 Å². The van der Waals surface area contributed by atoms with Crippen molar-refractivity contribution >= 4 is 19.8 Å². The topological polar surface area (TPSA) is 27.1 Å². The summed E-state index contributed by atoms with van der Waals surface area (Å²) in [6.07, 6.45) is 3.96. The van der Waals surface area contributed by atoms with Crippen molar-refractivity contribution in [3.8, 4) is 11.3 Å². The molecule has 1 aromatic carbocycles. The first kappa shape index (κ1) is 17.2. The minimum absolute atomic E-state index is 0.233. The molecule has 2 rings (SSSR count). The summed E-state index contributed by atoms with van der Waals surface area (Å²) < 4.78 is 20.8. The lowest BCUT2D eigenvalue weighted by Crippen LogP contribution is -2.22. The van der Waals surface area contributed by atoms with Gasteiger partial charge in [-0.2, -0.15) is 0 Å². The van der Waals surface area contributed by atoms with Crippen molar-refractivity contribution in [3.63, 3.8) is 0 Å². The maximum Gasteiger partial charge on any atom is 0.170 e. The number of nitrogens with zero attached hydrogens (tertiary/aromatic N) is 2. The van der Waals surface area contributed by atoms with E-state index in [9.17, 15) is 4.39 Å². The molecule has 120 valence electrons. The molecule has 0 saturated carbocycles. The average Bonchev–Trinajstić information content (AvgIpc) is 2.86. The van der Waals surface area contributed by atoms with E-state index in [1.54, 1.807) is 23.9 Å². The van der Waals surface area contributed by atoms with Gasteiger partial charge in [0, 0.05) is 26.4 Å². The van der Waals surface area contributed by atoms with E-state index in [-0.39, 0.29) is 5.82 Å². The second kappa shape index (κ2) is 7.44. The molecule has 0 unspecified atom stereocenters. The van der Waals surface area contributed by atoms with Crippen molar-refractivity contribution in [2.45, 2.75) is 37.6 Å². The van der Waals surface area contributed by atoms with Gasteiger partial charge < -0.3 is 9.30 Å². The molecule has 6 heteroatoms. The number of hydrogen-bond donors (Lipinski definition) is 0. The first-order chi connectivity index (χ1) is 10.4. The van der Waals surface area contributed by atoms with Gasteiger partial charge in [-0.3, -0.25) is 0 Å². The molecule has 0 radical (unpaired) electrons. The number of halogens is 1. The van der Waals surface area contributed by atoms with E-state index in [2.05, 4.69) is 24.6 Å². The van der Waals surface area contributed by atoms with Crippen molar-refractivity contribution in [1.82, 2.24) is 9.55 Å². The number of imidazole rings is 1. The third-order valence-corrected chi connectivity index (χ3v) is 5.68. The summed E-state index contributed by atoms with van der Waals surface area (Å²) >= 11 is 1.58. The van der Waals surface area contributed by atoms with E-state index < -0.39 is 8.07 Å². The first-order valence-corrected chi connectivity index (χ1v) is 12.3. The van der Waals surface area contributed by atoms with Crippen molar-refractivity contribution in [1.29, 1.82) is 0 Å². The number of thioether (sulfide) groups is 1. The minimum Gasteiger partial charge on any atom is -0.361 e. The van der Waals surface area contributed by atoms with Gasteiger partial charge >= 0.3 is 0 Å². The number of aromatic nitrogens is 2. The standard InChI is InChI=1S/C16H23FN2OSSi/c1-21-16-18-15(13-5-7-14(17)8-6-13)11-19(16)12-20-9-10-22(2,3)4/h5-8,11H,9-10,12H2,1-4H3. The Bertz CT molecular complexity index is 608. The Morgan fingerprint density at radius 1 is 1.23 bits per heavy atom. The summed E-state index contributed by atoms with van der Waals surface area (Å²) in [6, 6.07) is 7.56. The number of hydrogen-bond acceptors (Lipinski definition) is 3. The minimum atomic E-state index is -1.06. The zero-order valence-corrected chi connectivity index (χ0v) is 15.4. The Morgan fingerprint density at radius 2 is 1.91 bits per heavy atom. The van der Waals surface area contributed by atoms with E-state index >= 15 is 0 Å². The highest BCUT2D eigenvalue weighted by Crippen LogP contribution is 2.23. The third kappa shape index (κ3) is 4.96. The van der Waals surface area contributed by atoms with Gasteiger partial charge in [-0.15, -0.1) is 0 Å². The van der Waals surface area contributed by atoms with Gasteiger partial charge in [-0.05, 0) is 36.6 Å². The average molecular weight is 339 g/mol. The molecule has 0 saturated heterocycles. The van der Waals surface area contributed by atoms with Crippen molar-refractivity contribution in [2.75, 3.05) is 12.9 Å². The molecule has 0 fully saturated rings. The lowest BCUT2D eigenvalue weighted by atomic mass is 10.2. The van der Waals surface area contributed by atoms with Gasteiger partial charge in [0.1, 0.15) is 12.5 Å². The smallest absolute Gasteiger partial charge is 0.170 e. The summed E-state index contributed by atoms with van der Waals surface area (Å²) in [7, 11) is -1.06. The van der Waals surface area contributed by atoms with Crippen LogP contribution in [-0.2, 0) is 11.5 Å². The van der Waals surface area contributed by atoms with Crippen LogP contribution in [0.5, 0.6) is 0 Å². The van der Waals surface area contributed by atoms with Gasteiger partial charge in [-0.25, -0.2) is 9.37 Å². The lowest BCUT2D eigenvalue weighted by molar-refractivity contribution is 0.0814. The summed E-state index contributed by atoms with van der Waals surface area (Å²) in [6.45, 7) is 8.32. The highest BCUT2D eigenvalue weighted by molar-refractivity contribution is 7.98. The van der Waals surface area contributed by atoms with E-state index in [4.69, 9.17) is 4.74 Å². The van der Waals surface area contributed by atoms with Crippen LogP contribution in [-0.4, -0.2) is 30.5 Å². The largest absolute Gasteiger partial charge is 0.361 e. The summed E-state index contributed by atoms with van der Waals surface area (Å²) in [4.78, 5) is 4.59. The van der Waals surface area contributed by atoms with Crippen LogP contribution in [0.25, 0.3) is 11.3 Å². The first-order valence-electron chi connectivity index (χ1n) is 7.34. The van der Waals surface area contributed by atoms with Crippen LogP contribution < -0.4 is 0 Å². The van der Waals surface area contributed by atoms with Crippen LogP contribution in [0.4, 0.5) is 4.39 Å². The number of ether oxygens (including phenoxy) is 1. The van der Waals surface area contributed by atoms with Gasteiger partial charge in [0.25, 0.3) is 0 Å². The summed E-state index contributed by atoms with van der Waals surface area (Å²) in [5, 5.41) is 0.910. The van der Waals surface area contributed by atoms with E-state index in [1.165, 1.54) is 12.1 Å².